The Morgan fingerprint density at radius 2 is 1.76 bits per heavy atom. The van der Waals surface area contributed by atoms with Gasteiger partial charge in [-0.25, -0.2) is 0 Å². The highest BCUT2D eigenvalue weighted by Crippen LogP contribution is 2.35. The maximum absolute atomic E-state index is 13.1. The van der Waals surface area contributed by atoms with Crippen molar-refractivity contribution in [1.82, 2.24) is 4.90 Å². The second kappa shape index (κ2) is 9.18. The minimum absolute atomic E-state index is 0.150. The van der Waals surface area contributed by atoms with Crippen molar-refractivity contribution in [2.24, 2.45) is 0 Å². The molecule has 1 heterocycles. The van der Waals surface area contributed by atoms with Crippen LogP contribution in [0.25, 0.3) is 5.57 Å². The second-order valence-corrected chi connectivity index (χ2v) is 7.82. The van der Waals surface area contributed by atoms with Gasteiger partial charge in [-0.2, -0.15) is 0 Å². The number of hydrogen-bond donors (Lipinski definition) is 1. The molecule has 0 aliphatic carbocycles. The summed E-state index contributed by atoms with van der Waals surface area (Å²) >= 11 is 18.5. The number of hydrogen-bond acceptors (Lipinski definition) is 4. The van der Waals surface area contributed by atoms with Gasteiger partial charge in [0.2, 0.25) is 0 Å². The van der Waals surface area contributed by atoms with E-state index in [9.17, 15) is 9.59 Å². The average molecular weight is 454 g/mol. The molecule has 0 spiro atoms. The Labute approximate surface area is 184 Å². The number of ether oxygens (including phenoxy) is 1. The lowest BCUT2D eigenvalue weighted by atomic mass is 10.0. The Bertz CT molecular complexity index is 1000. The summed E-state index contributed by atoms with van der Waals surface area (Å²) in [5, 5.41) is 4.34. The Balaban J connectivity index is 2.05. The topological polar surface area (TPSA) is 58.6 Å². The van der Waals surface area contributed by atoms with Crippen LogP contribution in [0, 0.1) is 6.92 Å². The number of methoxy groups -OCH3 is 1. The Morgan fingerprint density at radius 3 is 2.41 bits per heavy atom. The Kier molecular flexibility index (Phi) is 6.85. The van der Waals surface area contributed by atoms with Crippen LogP contribution in [0.4, 0.5) is 5.69 Å². The zero-order chi connectivity index (χ0) is 21.1. The summed E-state index contributed by atoms with van der Waals surface area (Å²) in [5.74, 6) is -0.847. The summed E-state index contributed by atoms with van der Waals surface area (Å²) in [4.78, 5) is 27.4. The number of benzene rings is 2. The van der Waals surface area contributed by atoms with Gasteiger partial charge in [-0.15, -0.1) is 0 Å². The standard InChI is InChI=1S/C21H19Cl3N2O3/c1-12-4-6-14(11-16(12)23)25-19-18(15-7-5-13(22)10-17(15)24)20(27)26(21(19)28)8-3-9-29-2/h4-7,10-11,25H,3,8-9H2,1-2H3. The van der Waals surface area contributed by atoms with Crippen LogP contribution in [0.1, 0.15) is 17.5 Å². The molecule has 0 saturated heterocycles. The van der Waals surface area contributed by atoms with Crippen LogP contribution in [0.2, 0.25) is 15.1 Å². The van der Waals surface area contributed by atoms with Crippen molar-refractivity contribution in [3.63, 3.8) is 0 Å². The first kappa shape index (κ1) is 21.7. The maximum Gasteiger partial charge on any atom is 0.278 e. The van der Waals surface area contributed by atoms with Crippen LogP contribution in [0.15, 0.2) is 42.1 Å². The van der Waals surface area contributed by atoms with Gasteiger partial charge in [0.15, 0.2) is 0 Å². The highest BCUT2D eigenvalue weighted by atomic mass is 35.5. The summed E-state index contributed by atoms with van der Waals surface area (Å²) in [7, 11) is 1.57. The third-order valence-electron chi connectivity index (χ3n) is 4.54. The highest BCUT2D eigenvalue weighted by Gasteiger charge is 2.39. The lowest BCUT2D eigenvalue weighted by molar-refractivity contribution is -0.136. The van der Waals surface area contributed by atoms with Crippen molar-refractivity contribution in [3.8, 4) is 0 Å². The number of rotatable bonds is 7. The van der Waals surface area contributed by atoms with E-state index in [4.69, 9.17) is 39.5 Å². The Hall–Kier alpha value is -2.05. The molecule has 2 aromatic carbocycles. The second-order valence-electron chi connectivity index (χ2n) is 6.57. The van der Waals surface area contributed by atoms with Crippen LogP contribution in [0.5, 0.6) is 0 Å². The largest absolute Gasteiger partial charge is 0.385 e. The molecule has 0 saturated carbocycles. The fraction of sp³-hybridized carbons (Fsp3) is 0.238. The number of aryl methyl sites for hydroxylation is 1. The van der Waals surface area contributed by atoms with E-state index in [1.165, 1.54) is 11.0 Å². The van der Waals surface area contributed by atoms with Crippen LogP contribution in [-0.2, 0) is 14.3 Å². The number of nitrogens with one attached hydrogen (secondary N) is 1. The van der Waals surface area contributed by atoms with Crippen LogP contribution < -0.4 is 5.32 Å². The first-order valence-corrected chi connectivity index (χ1v) is 10.0. The molecule has 2 amide bonds. The van der Waals surface area contributed by atoms with Gasteiger partial charge in [0, 0.05) is 41.6 Å². The summed E-state index contributed by atoms with van der Waals surface area (Å²) in [5.41, 5.74) is 2.28. The van der Waals surface area contributed by atoms with Crippen molar-refractivity contribution in [2.75, 3.05) is 25.6 Å². The van der Waals surface area contributed by atoms with Gasteiger partial charge < -0.3 is 10.1 Å². The van der Waals surface area contributed by atoms with E-state index in [-0.39, 0.29) is 22.8 Å². The molecule has 29 heavy (non-hydrogen) atoms. The Morgan fingerprint density at radius 1 is 1.00 bits per heavy atom. The molecule has 0 atom stereocenters. The van der Waals surface area contributed by atoms with E-state index in [1.54, 1.807) is 31.4 Å². The maximum atomic E-state index is 13.1. The zero-order valence-electron chi connectivity index (χ0n) is 15.9. The van der Waals surface area contributed by atoms with Gasteiger partial charge in [-0.3, -0.25) is 14.5 Å². The number of nitrogens with zero attached hydrogens (tertiary/aromatic N) is 1. The van der Waals surface area contributed by atoms with Crippen molar-refractivity contribution < 1.29 is 14.3 Å². The number of carbonyl (C=O) groups is 2. The quantitative estimate of drug-likeness (QED) is 0.463. The third-order valence-corrected chi connectivity index (χ3v) is 5.49. The van der Waals surface area contributed by atoms with Gasteiger partial charge in [0.1, 0.15) is 5.70 Å². The fourth-order valence-electron chi connectivity index (χ4n) is 3.02. The van der Waals surface area contributed by atoms with E-state index >= 15 is 0 Å². The lowest BCUT2D eigenvalue weighted by Crippen LogP contribution is -2.33. The molecule has 3 rings (SSSR count). The number of anilines is 1. The van der Waals surface area contributed by atoms with E-state index in [0.29, 0.717) is 34.3 Å². The molecular formula is C21H19Cl3N2O3. The molecule has 152 valence electrons. The van der Waals surface area contributed by atoms with E-state index < -0.39 is 11.8 Å². The molecular weight excluding hydrogens is 435 g/mol. The average Bonchev–Trinajstić information content (AvgIpc) is 2.89. The molecule has 2 aromatic rings. The van der Waals surface area contributed by atoms with Crippen LogP contribution in [-0.4, -0.2) is 37.0 Å². The minimum Gasteiger partial charge on any atom is -0.385 e. The lowest BCUT2D eigenvalue weighted by Gasteiger charge is -2.15. The van der Waals surface area contributed by atoms with Crippen LogP contribution in [0.3, 0.4) is 0 Å². The predicted octanol–water partition coefficient (Wildman–Crippen LogP) is 5.18. The summed E-state index contributed by atoms with van der Waals surface area (Å²) in [6.07, 6.45) is 0.527. The molecule has 8 heteroatoms. The molecule has 5 nitrogen and oxygen atoms in total. The van der Waals surface area contributed by atoms with Gasteiger partial charge >= 0.3 is 0 Å². The van der Waals surface area contributed by atoms with E-state index in [0.717, 1.165) is 5.56 Å². The first-order valence-electron chi connectivity index (χ1n) is 8.91. The van der Waals surface area contributed by atoms with E-state index in [1.807, 2.05) is 13.0 Å². The number of imide groups is 1. The van der Waals surface area contributed by atoms with Crippen LogP contribution >= 0.6 is 34.8 Å². The number of amides is 2. The highest BCUT2D eigenvalue weighted by molar-refractivity contribution is 6.41. The van der Waals surface area contributed by atoms with Gasteiger partial charge in [0.25, 0.3) is 11.8 Å². The summed E-state index contributed by atoms with van der Waals surface area (Å²) in [6, 6.07) is 10.1. The van der Waals surface area contributed by atoms with Gasteiger partial charge in [-0.05, 0) is 43.2 Å². The van der Waals surface area contributed by atoms with Gasteiger partial charge in [-0.1, -0.05) is 46.9 Å². The summed E-state index contributed by atoms with van der Waals surface area (Å²) in [6.45, 7) is 2.55. The molecule has 0 radical (unpaired) electrons. The fourth-order valence-corrected chi connectivity index (χ4v) is 3.70. The number of carbonyl (C=O) groups excluding carboxylic acids is 2. The molecule has 0 bridgehead atoms. The normalized spacial score (nSPS) is 14.2. The number of halogens is 3. The summed E-state index contributed by atoms with van der Waals surface area (Å²) < 4.78 is 5.03. The molecule has 0 unspecified atom stereocenters. The predicted molar refractivity (Wildman–Crippen MR) is 116 cm³/mol. The van der Waals surface area contributed by atoms with Crippen molar-refractivity contribution in [1.29, 1.82) is 0 Å². The monoisotopic (exact) mass is 452 g/mol. The first-order chi connectivity index (χ1) is 13.8. The van der Waals surface area contributed by atoms with Crippen molar-refractivity contribution in [2.45, 2.75) is 13.3 Å². The van der Waals surface area contributed by atoms with Crippen molar-refractivity contribution in [3.05, 3.63) is 68.3 Å². The molecule has 1 N–H and O–H groups in total. The van der Waals surface area contributed by atoms with Crippen molar-refractivity contribution >= 4 is 57.9 Å². The zero-order valence-corrected chi connectivity index (χ0v) is 18.2. The molecule has 0 fully saturated rings. The SMILES string of the molecule is COCCCN1C(=O)C(Nc2ccc(C)c(Cl)c2)=C(c2ccc(Cl)cc2Cl)C1=O. The molecule has 1 aliphatic heterocycles. The smallest absolute Gasteiger partial charge is 0.278 e. The molecule has 0 aromatic heterocycles. The third kappa shape index (κ3) is 4.59. The van der Waals surface area contributed by atoms with E-state index in [2.05, 4.69) is 5.32 Å². The minimum atomic E-state index is -0.427. The molecule has 1 aliphatic rings. The van der Waals surface area contributed by atoms with Gasteiger partial charge in [0.05, 0.1) is 10.6 Å².